The van der Waals surface area contributed by atoms with E-state index in [0.717, 1.165) is 23.3 Å². The van der Waals surface area contributed by atoms with E-state index in [1.54, 1.807) is 0 Å². The van der Waals surface area contributed by atoms with Crippen molar-refractivity contribution in [2.75, 3.05) is 11.5 Å². The lowest BCUT2D eigenvalue weighted by atomic mass is 9.95. The fraction of sp³-hybridized carbons (Fsp3) is 0.100. The number of aromatic nitrogens is 1. The number of hydrogen-bond donors (Lipinski definition) is 2. The molecule has 0 amide bonds. The van der Waals surface area contributed by atoms with Crippen molar-refractivity contribution in [1.29, 1.82) is 5.26 Å². The minimum atomic E-state index is 0.0999. The number of benzene rings is 2. The van der Waals surface area contributed by atoms with Crippen molar-refractivity contribution < 1.29 is 4.74 Å². The number of pyridine rings is 1. The van der Waals surface area contributed by atoms with Crippen molar-refractivity contribution in [3.63, 3.8) is 0 Å². The van der Waals surface area contributed by atoms with Crippen molar-refractivity contribution >= 4 is 11.5 Å². The van der Waals surface area contributed by atoms with E-state index in [9.17, 15) is 5.26 Å². The fourth-order valence-corrected chi connectivity index (χ4v) is 3.12. The van der Waals surface area contributed by atoms with Gasteiger partial charge >= 0.3 is 0 Å². The van der Waals surface area contributed by atoms with Gasteiger partial charge in [-0.25, -0.2) is 0 Å². The number of fused-ring (bicyclic) bond motifs is 2. The summed E-state index contributed by atoms with van der Waals surface area (Å²) >= 11 is 0. The van der Waals surface area contributed by atoms with Gasteiger partial charge in [0.1, 0.15) is 23.2 Å². The molecule has 0 aliphatic carbocycles. The molecule has 2 aromatic carbocycles. The molecule has 122 valence electrons. The highest BCUT2D eigenvalue weighted by atomic mass is 16.5. The Morgan fingerprint density at radius 2 is 1.88 bits per heavy atom. The van der Waals surface area contributed by atoms with Crippen LogP contribution in [-0.4, -0.2) is 4.98 Å². The maximum atomic E-state index is 9.21. The smallest absolute Gasteiger partial charge is 0.226 e. The fourth-order valence-electron chi connectivity index (χ4n) is 3.12. The summed E-state index contributed by atoms with van der Waals surface area (Å²) < 4.78 is 5.86. The molecule has 0 saturated carbocycles. The molecule has 1 aliphatic heterocycles. The molecular weight excluding hydrogens is 312 g/mol. The van der Waals surface area contributed by atoms with Crippen LogP contribution in [0.3, 0.4) is 0 Å². The van der Waals surface area contributed by atoms with E-state index in [2.05, 4.69) is 23.2 Å². The number of anilines is 2. The third-order valence-electron chi connectivity index (χ3n) is 4.39. The van der Waals surface area contributed by atoms with Crippen molar-refractivity contribution in [3.05, 3.63) is 76.3 Å². The highest BCUT2D eigenvalue weighted by molar-refractivity contribution is 5.72. The molecule has 3 aromatic rings. The first-order chi connectivity index (χ1) is 12.2. The first-order valence-corrected chi connectivity index (χ1v) is 7.97. The lowest BCUT2D eigenvalue weighted by Crippen LogP contribution is -2.12. The monoisotopic (exact) mass is 328 g/mol. The number of nitriles is 1. The molecule has 2 heterocycles. The number of nitrogens with two attached hydrogens (primary N) is 2. The Morgan fingerprint density at radius 1 is 1.08 bits per heavy atom. The molecule has 0 spiro atoms. The molecular formula is C20H16N4O. The summed E-state index contributed by atoms with van der Waals surface area (Å²) in [6.45, 7) is 0. The molecule has 1 aromatic heterocycles. The third-order valence-corrected chi connectivity index (χ3v) is 4.39. The lowest BCUT2D eigenvalue weighted by molar-refractivity contribution is 0.442. The van der Waals surface area contributed by atoms with E-state index in [1.807, 2.05) is 36.4 Å². The van der Waals surface area contributed by atoms with Gasteiger partial charge in [-0.15, -0.1) is 0 Å². The Bertz CT molecular complexity index is 1010. The highest BCUT2D eigenvalue weighted by Gasteiger charge is 2.24. The van der Waals surface area contributed by atoms with Crippen molar-refractivity contribution in [2.24, 2.45) is 0 Å². The average molecular weight is 328 g/mol. The van der Waals surface area contributed by atoms with E-state index in [-0.39, 0.29) is 11.4 Å². The number of rotatable bonds is 2. The number of hydrogen-bond acceptors (Lipinski definition) is 5. The molecule has 5 heteroatoms. The Kier molecular flexibility index (Phi) is 3.51. The predicted octanol–water partition coefficient (Wildman–Crippen LogP) is 3.40. The standard InChI is InChI=1S/C20H16N4O/c21-11-16-18(22)15-10-14-9-13(8-12-4-2-1-3-5-12)6-7-17(14)25-20(15)24-19(16)23/h1-7,9H,8,10H2,(H4,22,23,24). The van der Waals surface area contributed by atoms with Crippen molar-refractivity contribution in [2.45, 2.75) is 12.8 Å². The quantitative estimate of drug-likeness (QED) is 0.587. The van der Waals surface area contributed by atoms with Crippen LogP contribution in [0.15, 0.2) is 48.5 Å². The van der Waals surface area contributed by atoms with Crippen LogP contribution in [0.2, 0.25) is 0 Å². The Hall–Kier alpha value is -3.52. The Morgan fingerprint density at radius 3 is 2.64 bits per heavy atom. The molecule has 0 unspecified atom stereocenters. The largest absolute Gasteiger partial charge is 0.438 e. The molecule has 4 rings (SSSR count). The zero-order valence-corrected chi connectivity index (χ0v) is 13.5. The summed E-state index contributed by atoms with van der Waals surface area (Å²) in [5, 5.41) is 9.21. The molecule has 0 radical (unpaired) electrons. The van der Waals surface area contributed by atoms with Crippen LogP contribution in [-0.2, 0) is 12.8 Å². The number of ether oxygens (including phenoxy) is 1. The van der Waals surface area contributed by atoms with Crippen molar-refractivity contribution in [3.8, 4) is 17.7 Å². The van der Waals surface area contributed by atoms with E-state index < -0.39 is 0 Å². The second-order valence-corrected chi connectivity index (χ2v) is 6.06. The molecule has 4 N–H and O–H groups in total. The van der Waals surface area contributed by atoms with Gasteiger partial charge in [0, 0.05) is 12.0 Å². The third kappa shape index (κ3) is 2.64. The summed E-state index contributed by atoms with van der Waals surface area (Å²) in [6, 6.07) is 18.4. The van der Waals surface area contributed by atoms with Gasteiger partial charge in [-0.05, 0) is 29.2 Å². The molecule has 1 aliphatic rings. The summed E-state index contributed by atoms with van der Waals surface area (Å²) in [5.41, 5.74) is 16.7. The summed E-state index contributed by atoms with van der Waals surface area (Å²) in [5.74, 6) is 1.24. The van der Waals surface area contributed by atoms with Crippen LogP contribution < -0.4 is 16.2 Å². The first-order valence-electron chi connectivity index (χ1n) is 7.97. The summed E-state index contributed by atoms with van der Waals surface area (Å²) in [7, 11) is 0. The van der Waals surface area contributed by atoms with Crippen LogP contribution in [0, 0.1) is 11.3 Å². The molecule has 0 bridgehead atoms. The number of nitrogens with zero attached hydrogens (tertiary/aromatic N) is 2. The van der Waals surface area contributed by atoms with Gasteiger partial charge in [-0.3, -0.25) is 0 Å². The van der Waals surface area contributed by atoms with Gasteiger partial charge in [-0.1, -0.05) is 42.5 Å². The second kappa shape index (κ2) is 5.84. The zero-order valence-electron chi connectivity index (χ0n) is 13.5. The van der Waals surface area contributed by atoms with Crippen LogP contribution in [0.1, 0.15) is 27.8 Å². The lowest BCUT2D eigenvalue weighted by Gasteiger charge is -2.22. The van der Waals surface area contributed by atoms with Gasteiger partial charge in [0.25, 0.3) is 0 Å². The highest BCUT2D eigenvalue weighted by Crippen LogP contribution is 2.40. The summed E-state index contributed by atoms with van der Waals surface area (Å²) in [6.07, 6.45) is 1.42. The maximum absolute atomic E-state index is 9.21. The van der Waals surface area contributed by atoms with Gasteiger partial charge in [0.15, 0.2) is 0 Å². The molecule has 0 atom stereocenters. The molecule has 0 saturated heterocycles. The van der Waals surface area contributed by atoms with E-state index >= 15 is 0 Å². The minimum Gasteiger partial charge on any atom is -0.438 e. The second-order valence-electron chi connectivity index (χ2n) is 6.06. The van der Waals surface area contributed by atoms with Gasteiger partial charge in [0.2, 0.25) is 5.88 Å². The first kappa shape index (κ1) is 15.0. The normalized spacial score (nSPS) is 11.8. The molecule has 5 nitrogen and oxygen atoms in total. The van der Waals surface area contributed by atoms with Gasteiger partial charge in [0.05, 0.1) is 5.69 Å². The predicted molar refractivity (Wildman–Crippen MR) is 96.3 cm³/mol. The van der Waals surface area contributed by atoms with Crippen LogP contribution >= 0.6 is 0 Å². The average Bonchev–Trinajstić information content (AvgIpc) is 2.62. The Labute approximate surface area is 145 Å². The molecule has 25 heavy (non-hydrogen) atoms. The van der Waals surface area contributed by atoms with Gasteiger partial charge in [-0.2, -0.15) is 10.2 Å². The van der Waals surface area contributed by atoms with E-state index in [0.29, 0.717) is 18.0 Å². The topological polar surface area (TPSA) is 98.0 Å². The summed E-state index contributed by atoms with van der Waals surface area (Å²) in [4.78, 5) is 4.19. The maximum Gasteiger partial charge on any atom is 0.226 e. The number of nitrogen functional groups attached to an aromatic ring is 2. The minimum absolute atomic E-state index is 0.0999. The van der Waals surface area contributed by atoms with E-state index in [4.69, 9.17) is 16.2 Å². The van der Waals surface area contributed by atoms with Crippen molar-refractivity contribution in [1.82, 2.24) is 4.98 Å². The SMILES string of the molecule is N#Cc1c(N)nc2c(c1N)Cc1cc(Cc3ccccc3)ccc1O2. The van der Waals surface area contributed by atoms with Gasteiger partial charge < -0.3 is 16.2 Å². The van der Waals surface area contributed by atoms with E-state index in [1.165, 1.54) is 11.1 Å². The van der Waals surface area contributed by atoms with Crippen LogP contribution in [0.25, 0.3) is 0 Å². The zero-order chi connectivity index (χ0) is 17.4. The molecule has 0 fully saturated rings. The van der Waals surface area contributed by atoms with Crippen LogP contribution in [0.4, 0.5) is 11.5 Å². The van der Waals surface area contributed by atoms with Crippen LogP contribution in [0.5, 0.6) is 11.6 Å². The Balaban J connectivity index is 1.70.